The molecule has 1 unspecified atom stereocenters. The fraction of sp³-hybridized carbons (Fsp3) is 0.583. The lowest BCUT2D eigenvalue weighted by molar-refractivity contribution is -0.124. The van der Waals surface area contributed by atoms with Crippen LogP contribution < -0.4 is 11.1 Å². The first-order valence-electron chi connectivity index (χ1n) is 5.67. The van der Waals surface area contributed by atoms with E-state index in [2.05, 4.69) is 11.4 Å². The summed E-state index contributed by atoms with van der Waals surface area (Å²) in [6, 6.07) is 4.08. The molecule has 4 heteroatoms. The first kappa shape index (κ1) is 11.6. The van der Waals surface area contributed by atoms with E-state index in [0.29, 0.717) is 5.92 Å². The summed E-state index contributed by atoms with van der Waals surface area (Å²) < 4.78 is 0. The molecule has 0 spiro atoms. The Kier molecular flexibility index (Phi) is 3.30. The maximum absolute atomic E-state index is 11.5. The number of thiophene rings is 1. The van der Waals surface area contributed by atoms with Crippen molar-refractivity contribution in [3.05, 3.63) is 22.4 Å². The first-order chi connectivity index (χ1) is 7.60. The van der Waals surface area contributed by atoms with Crippen LogP contribution in [0.4, 0.5) is 0 Å². The lowest BCUT2D eigenvalue weighted by atomic mass is 9.94. The lowest BCUT2D eigenvalue weighted by Gasteiger charge is -2.27. The van der Waals surface area contributed by atoms with E-state index in [0.717, 1.165) is 13.0 Å². The van der Waals surface area contributed by atoms with Crippen molar-refractivity contribution in [3.8, 4) is 0 Å². The summed E-state index contributed by atoms with van der Waals surface area (Å²) in [6.45, 7) is 2.64. The molecule has 3 N–H and O–H groups in total. The molecule has 0 aliphatic heterocycles. The van der Waals surface area contributed by atoms with Gasteiger partial charge in [0.15, 0.2) is 0 Å². The number of rotatable bonds is 6. The number of hydrogen-bond acceptors (Lipinski definition) is 3. The van der Waals surface area contributed by atoms with Gasteiger partial charge in [-0.25, -0.2) is 0 Å². The molecular formula is C12H18N2OS. The Labute approximate surface area is 100 Å². The third-order valence-corrected chi connectivity index (χ3v) is 4.05. The molecule has 1 heterocycles. The van der Waals surface area contributed by atoms with Crippen molar-refractivity contribution in [1.82, 2.24) is 5.32 Å². The van der Waals surface area contributed by atoms with Crippen LogP contribution >= 0.6 is 11.3 Å². The van der Waals surface area contributed by atoms with E-state index in [1.807, 2.05) is 18.4 Å². The predicted octanol–water partition coefficient (Wildman–Crippen LogP) is 1.88. The highest BCUT2D eigenvalue weighted by atomic mass is 32.1. The zero-order chi connectivity index (χ0) is 11.6. The summed E-state index contributed by atoms with van der Waals surface area (Å²) in [5.74, 6) is 0.448. The van der Waals surface area contributed by atoms with Crippen LogP contribution in [0.1, 0.15) is 31.1 Å². The Morgan fingerprint density at radius 2 is 2.44 bits per heavy atom. The van der Waals surface area contributed by atoms with Crippen molar-refractivity contribution in [3.63, 3.8) is 0 Å². The van der Waals surface area contributed by atoms with Crippen molar-refractivity contribution >= 4 is 17.2 Å². The molecule has 1 aromatic rings. The minimum atomic E-state index is -0.550. The lowest BCUT2D eigenvalue weighted by Crippen LogP contribution is -2.53. The normalized spacial score (nSPS) is 19.3. The average molecular weight is 238 g/mol. The van der Waals surface area contributed by atoms with Gasteiger partial charge in [-0.3, -0.25) is 10.1 Å². The molecular weight excluding hydrogens is 220 g/mol. The summed E-state index contributed by atoms with van der Waals surface area (Å²) in [6.07, 6.45) is 3.35. The van der Waals surface area contributed by atoms with Crippen molar-refractivity contribution in [1.29, 1.82) is 0 Å². The topological polar surface area (TPSA) is 55.1 Å². The summed E-state index contributed by atoms with van der Waals surface area (Å²) in [4.78, 5) is 12.7. The number of nitrogens with one attached hydrogen (secondary N) is 1. The van der Waals surface area contributed by atoms with Gasteiger partial charge in [-0.15, -0.1) is 11.3 Å². The molecule has 1 saturated carbocycles. The molecule has 1 aromatic heterocycles. The van der Waals surface area contributed by atoms with Gasteiger partial charge >= 0.3 is 0 Å². The van der Waals surface area contributed by atoms with Crippen LogP contribution in [0.5, 0.6) is 0 Å². The molecule has 0 saturated heterocycles. The summed E-state index contributed by atoms with van der Waals surface area (Å²) in [5.41, 5.74) is 4.94. The van der Waals surface area contributed by atoms with E-state index < -0.39 is 5.54 Å². The van der Waals surface area contributed by atoms with Gasteiger partial charge in [0.1, 0.15) is 0 Å². The zero-order valence-electron chi connectivity index (χ0n) is 9.53. The highest BCUT2D eigenvalue weighted by Gasteiger charge is 2.37. The van der Waals surface area contributed by atoms with E-state index in [4.69, 9.17) is 5.73 Å². The summed E-state index contributed by atoms with van der Waals surface area (Å²) in [7, 11) is 0. The van der Waals surface area contributed by atoms with Gasteiger partial charge in [0.2, 0.25) is 5.91 Å². The standard InChI is InChI=1S/C12H18N2OS/c1-12(11(13)15,7-9-4-5-9)14-8-10-3-2-6-16-10/h2-3,6,9,14H,4-5,7-8H2,1H3,(H2,13,15). The smallest absolute Gasteiger partial charge is 0.237 e. The molecule has 0 bridgehead atoms. The van der Waals surface area contributed by atoms with Crippen molar-refractivity contribution < 1.29 is 4.79 Å². The van der Waals surface area contributed by atoms with Gasteiger partial charge in [-0.2, -0.15) is 0 Å². The van der Waals surface area contributed by atoms with Crippen molar-refractivity contribution in [2.75, 3.05) is 0 Å². The van der Waals surface area contributed by atoms with Crippen LogP contribution in [0.15, 0.2) is 17.5 Å². The third kappa shape index (κ3) is 2.83. The predicted molar refractivity (Wildman–Crippen MR) is 66.1 cm³/mol. The Hall–Kier alpha value is -0.870. The van der Waals surface area contributed by atoms with Crippen LogP contribution in [0.2, 0.25) is 0 Å². The van der Waals surface area contributed by atoms with Gasteiger partial charge < -0.3 is 5.73 Å². The summed E-state index contributed by atoms with van der Waals surface area (Å²) in [5, 5.41) is 5.35. The van der Waals surface area contributed by atoms with Gasteiger partial charge in [0, 0.05) is 11.4 Å². The molecule has 16 heavy (non-hydrogen) atoms. The largest absolute Gasteiger partial charge is 0.368 e. The molecule has 1 atom stereocenters. The highest BCUT2D eigenvalue weighted by Crippen LogP contribution is 2.36. The van der Waals surface area contributed by atoms with Gasteiger partial charge in [0.25, 0.3) is 0 Å². The van der Waals surface area contributed by atoms with Crippen LogP contribution in [-0.2, 0) is 11.3 Å². The van der Waals surface area contributed by atoms with Crippen molar-refractivity contribution in [2.45, 2.75) is 38.3 Å². The highest BCUT2D eigenvalue weighted by molar-refractivity contribution is 7.09. The number of carbonyl (C=O) groups is 1. The SMILES string of the molecule is CC(CC1CC1)(NCc1cccs1)C(N)=O. The molecule has 1 fully saturated rings. The van der Waals surface area contributed by atoms with E-state index in [1.165, 1.54) is 17.7 Å². The number of amides is 1. The Balaban J connectivity index is 1.93. The Morgan fingerprint density at radius 3 is 2.94 bits per heavy atom. The Bertz CT molecular complexity index is 359. The quantitative estimate of drug-likeness (QED) is 0.795. The minimum absolute atomic E-state index is 0.240. The fourth-order valence-corrected chi connectivity index (χ4v) is 2.50. The number of carbonyl (C=O) groups excluding carboxylic acids is 1. The Morgan fingerprint density at radius 1 is 1.69 bits per heavy atom. The number of nitrogens with two attached hydrogens (primary N) is 1. The van der Waals surface area contributed by atoms with Gasteiger partial charge in [-0.1, -0.05) is 18.9 Å². The average Bonchev–Trinajstić information content (AvgIpc) is 2.89. The number of primary amides is 1. The molecule has 88 valence electrons. The van der Waals surface area contributed by atoms with E-state index in [1.54, 1.807) is 11.3 Å². The molecule has 1 aliphatic rings. The molecule has 2 rings (SSSR count). The maximum Gasteiger partial charge on any atom is 0.237 e. The molecule has 3 nitrogen and oxygen atoms in total. The molecule has 0 radical (unpaired) electrons. The van der Waals surface area contributed by atoms with Crippen molar-refractivity contribution in [2.24, 2.45) is 11.7 Å². The first-order valence-corrected chi connectivity index (χ1v) is 6.55. The number of hydrogen-bond donors (Lipinski definition) is 2. The monoisotopic (exact) mass is 238 g/mol. The molecule has 1 amide bonds. The second kappa shape index (κ2) is 4.55. The van der Waals surface area contributed by atoms with Crippen LogP contribution in [0, 0.1) is 5.92 Å². The second-order valence-electron chi connectivity index (χ2n) is 4.78. The fourth-order valence-electron chi connectivity index (χ4n) is 1.85. The molecule has 1 aliphatic carbocycles. The van der Waals surface area contributed by atoms with E-state index >= 15 is 0 Å². The summed E-state index contributed by atoms with van der Waals surface area (Å²) >= 11 is 1.70. The van der Waals surface area contributed by atoms with E-state index in [9.17, 15) is 4.79 Å². The van der Waals surface area contributed by atoms with Crippen LogP contribution in [0.3, 0.4) is 0 Å². The third-order valence-electron chi connectivity index (χ3n) is 3.17. The van der Waals surface area contributed by atoms with Gasteiger partial charge in [0.05, 0.1) is 5.54 Å². The maximum atomic E-state index is 11.5. The van der Waals surface area contributed by atoms with Crippen LogP contribution in [-0.4, -0.2) is 11.4 Å². The zero-order valence-corrected chi connectivity index (χ0v) is 10.3. The second-order valence-corrected chi connectivity index (χ2v) is 5.81. The van der Waals surface area contributed by atoms with E-state index in [-0.39, 0.29) is 5.91 Å². The minimum Gasteiger partial charge on any atom is -0.368 e. The molecule has 0 aromatic carbocycles. The van der Waals surface area contributed by atoms with Crippen LogP contribution in [0.25, 0.3) is 0 Å². The van der Waals surface area contributed by atoms with Gasteiger partial charge in [-0.05, 0) is 30.7 Å².